The molecule has 1 aromatic carbocycles. The molecule has 7 nitrogen and oxygen atoms in total. The molecule has 0 bridgehead atoms. The summed E-state index contributed by atoms with van der Waals surface area (Å²) in [4.78, 5) is 27.4. The minimum Gasteiger partial charge on any atom is -0.355 e. The minimum atomic E-state index is -3.64. The first kappa shape index (κ1) is 22.1. The second-order valence-electron chi connectivity index (χ2n) is 7.78. The standard InChI is InChI=1S/C20H29N3O4S2/c1-4-21-19(24)13-23-17-12-16(5-6-18(17)28-15(3)11-20(23)25)29(26,27)22-9-7-14(2)8-10-22/h5-6,12,14-15H,4,7-11,13H2,1-3H3,(H,21,24). The molecular weight excluding hydrogens is 410 g/mol. The summed E-state index contributed by atoms with van der Waals surface area (Å²) >= 11 is 1.53. The molecule has 1 unspecified atom stereocenters. The van der Waals surface area contributed by atoms with Crippen LogP contribution >= 0.6 is 11.8 Å². The lowest BCUT2D eigenvalue weighted by molar-refractivity contribution is -0.123. The van der Waals surface area contributed by atoms with Crippen LogP contribution < -0.4 is 10.2 Å². The Morgan fingerprint density at radius 3 is 2.59 bits per heavy atom. The van der Waals surface area contributed by atoms with E-state index in [4.69, 9.17) is 0 Å². The first-order valence-corrected chi connectivity index (χ1v) is 12.4. The zero-order valence-electron chi connectivity index (χ0n) is 17.2. The van der Waals surface area contributed by atoms with Crippen LogP contribution in [0.3, 0.4) is 0 Å². The summed E-state index contributed by atoms with van der Waals surface area (Å²) in [6.45, 7) is 7.29. The molecule has 0 spiro atoms. The second-order valence-corrected chi connectivity index (χ2v) is 11.2. The Morgan fingerprint density at radius 1 is 1.24 bits per heavy atom. The molecule has 0 aromatic heterocycles. The van der Waals surface area contributed by atoms with Crippen LogP contribution in [0.2, 0.25) is 0 Å². The summed E-state index contributed by atoms with van der Waals surface area (Å²) in [6.07, 6.45) is 1.99. The van der Waals surface area contributed by atoms with Crippen LogP contribution in [0.1, 0.15) is 40.0 Å². The number of rotatable bonds is 5. The number of hydrogen-bond acceptors (Lipinski definition) is 5. The fourth-order valence-corrected chi connectivity index (χ4v) is 6.25. The minimum absolute atomic E-state index is 0.0477. The van der Waals surface area contributed by atoms with Crippen LogP contribution in [0.15, 0.2) is 28.0 Å². The number of hydrogen-bond donors (Lipinski definition) is 1. The first-order chi connectivity index (χ1) is 13.7. The van der Waals surface area contributed by atoms with E-state index in [9.17, 15) is 18.0 Å². The molecule has 0 saturated carbocycles. The van der Waals surface area contributed by atoms with Crippen molar-refractivity contribution in [2.24, 2.45) is 5.92 Å². The van der Waals surface area contributed by atoms with Crippen LogP contribution in [0, 0.1) is 5.92 Å². The van der Waals surface area contributed by atoms with E-state index < -0.39 is 10.0 Å². The van der Waals surface area contributed by atoms with Gasteiger partial charge in [-0.1, -0.05) is 13.8 Å². The molecule has 160 valence electrons. The van der Waals surface area contributed by atoms with Crippen molar-refractivity contribution in [3.8, 4) is 0 Å². The predicted molar refractivity (Wildman–Crippen MR) is 115 cm³/mol. The van der Waals surface area contributed by atoms with Gasteiger partial charge in [0.15, 0.2) is 0 Å². The lowest BCUT2D eigenvalue weighted by Crippen LogP contribution is -2.41. The van der Waals surface area contributed by atoms with Gasteiger partial charge >= 0.3 is 0 Å². The molecule has 1 fully saturated rings. The number of carbonyl (C=O) groups excluding carboxylic acids is 2. The lowest BCUT2D eigenvalue weighted by Gasteiger charge is -2.30. The molecule has 2 heterocycles. The van der Waals surface area contributed by atoms with Crippen molar-refractivity contribution in [1.82, 2.24) is 9.62 Å². The highest BCUT2D eigenvalue weighted by Gasteiger charge is 2.32. The van der Waals surface area contributed by atoms with Gasteiger partial charge in [-0.15, -0.1) is 11.8 Å². The summed E-state index contributed by atoms with van der Waals surface area (Å²) < 4.78 is 27.9. The number of thioether (sulfide) groups is 1. The van der Waals surface area contributed by atoms with Crippen molar-refractivity contribution in [2.75, 3.05) is 31.1 Å². The fraction of sp³-hybridized carbons (Fsp3) is 0.600. The highest BCUT2D eigenvalue weighted by atomic mass is 32.2. The van der Waals surface area contributed by atoms with Gasteiger partial charge in [0.25, 0.3) is 0 Å². The normalized spacial score (nSPS) is 21.6. The highest BCUT2D eigenvalue weighted by Crippen LogP contribution is 2.39. The number of sulfonamides is 1. The quantitative estimate of drug-likeness (QED) is 0.762. The summed E-state index contributed by atoms with van der Waals surface area (Å²) in [5.41, 5.74) is 0.502. The Hall–Kier alpha value is -1.58. The zero-order chi connectivity index (χ0) is 21.2. The maximum atomic E-state index is 13.2. The molecule has 2 aliphatic heterocycles. The van der Waals surface area contributed by atoms with E-state index >= 15 is 0 Å². The Morgan fingerprint density at radius 2 is 1.93 bits per heavy atom. The molecule has 2 aliphatic rings. The third kappa shape index (κ3) is 4.95. The van der Waals surface area contributed by atoms with E-state index in [0.717, 1.165) is 17.7 Å². The number of anilines is 1. The van der Waals surface area contributed by atoms with Gasteiger partial charge in [0, 0.05) is 36.2 Å². The zero-order valence-corrected chi connectivity index (χ0v) is 18.8. The van der Waals surface area contributed by atoms with Crippen LogP contribution in [0.4, 0.5) is 5.69 Å². The van der Waals surface area contributed by atoms with E-state index in [0.29, 0.717) is 37.7 Å². The summed E-state index contributed by atoms with van der Waals surface area (Å²) in [5, 5.41) is 2.76. The van der Waals surface area contributed by atoms with Crippen molar-refractivity contribution in [2.45, 2.75) is 55.1 Å². The number of nitrogens with zero attached hydrogens (tertiary/aromatic N) is 2. The maximum absolute atomic E-state index is 13.2. The van der Waals surface area contributed by atoms with E-state index in [-0.39, 0.29) is 28.5 Å². The van der Waals surface area contributed by atoms with Gasteiger partial charge in [-0.2, -0.15) is 4.31 Å². The Kier molecular flexibility index (Phi) is 6.90. The van der Waals surface area contributed by atoms with Crippen LogP contribution in [-0.4, -0.2) is 56.0 Å². The molecule has 0 radical (unpaired) electrons. The molecule has 1 N–H and O–H groups in total. The van der Waals surface area contributed by atoms with Crippen LogP contribution in [0.25, 0.3) is 0 Å². The third-order valence-corrected chi connectivity index (χ3v) is 8.43. The number of nitrogens with one attached hydrogen (secondary N) is 1. The second kappa shape index (κ2) is 9.06. The average Bonchev–Trinajstić information content (AvgIpc) is 2.77. The molecule has 29 heavy (non-hydrogen) atoms. The average molecular weight is 440 g/mol. The highest BCUT2D eigenvalue weighted by molar-refractivity contribution is 8.00. The number of piperidine rings is 1. The van der Waals surface area contributed by atoms with Gasteiger partial charge in [-0.25, -0.2) is 8.42 Å². The smallest absolute Gasteiger partial charge is 0.243 e. The first-order valence-electron chi connectivity index (χ1n) is 10.1. The van der Waals surface area contributed by atoms with Crippen molar-refractivity contribution in [1.29, 1.82) is 0 Å². The van der Waals surface area contributed by atoms with Gasteiger partial charge in [0.2, 0.25) is 21.8 Å². The summed E-state index contributed by atoms with van der Waals surface area (Å²) in [5.74, 6) is 0.0950. The van der Waals surface area contributed by atoms with Crippen molar-refractivity contribution in [3.63, 3.8) is 0 Å². The van der Waals surface area contributed by atoms with Crippen molar-refractivity contribution in [3.05, 3.63) is 18.2 Å². The number of amides is 2. The summed E-state index contributed by atoms with van der Waals surface area (Å²) in [6, 6.07) is 4.94. The van der Waals surface area contributed by atoms with E-state index in [1.54, 1.807) is 18.2 Å². The Balaban J connectivity index is 1.97. The molecule has 1 saturated heterocycles. The Labute approximate surface area is 177 Å². The number of fused-ring (bicyclic) bond motifs is 1. The van der Waals surface area contributed by atoms with E-state index in [1.165, 1.54) is 21.0 Å². The predicted octanol–water partition coefficient (Wildman–Crippen LogP) is 2.46. The Bertz CT molecular complexity index is 880. The number of benzene rings is 1. The third-order valence-electron chi connectivity index (χ3n) is 5.37. The van der Waals surface area contributed by atoms with Crippen molar-refractivity contribution >= 4 is 39.3 Å². The van der Waals surface area contributed by atoms with E-state index in [2.05, 4.69) is 12.2 Å². The molecule has 9 heteroatoms. The number of carbonyl (C=O) groups is 2. The fourth-order valence-electron chi connectivity index (χ4n) is 3.66. The van der Waals surface area contributed by atoms with Gasteiger partial charge < -0.3 is 10.2 Å². The SMILES string of the molecule is CCNC(=O)CN1C(=O)CC(C)Sc2ccc(S(=O)(=O)N3CCC(C)CC3)cc21. The molecule has 1 aromatic rings. The van der Waals surface area contributed by atoms with Crippen LogP contribution in [-0.2, 0) is 19.6 Å². The molecule has 0 aliphatic carbocycles. The van der Waals surface area contributed by atoms with Crippen LogP contribution in [0.5, 0.6) is 0 Å². The summed E-state index contributed by atoms with van der Waals surface area (Å²) in [7, 11) is -3.64. The monoisotopic (exact) mass is 439 g/mol. The number of likely N-dealkylation sites (N-methyl/N-ethyl adjacent to an activating group) is 1. The van der Waals surface area contributed by atoms with Gasteiger partial charge in [0.05, 0.1) is 10.6 Å². The topological polar surface area (TPSA) is 86.8 Å². The maximum Gasteiger partial charge on any atom is 0.243 e. The molecule has 1 atom stereocenters. The van der Waals surface area contributed by atoms with Gasteiger partial charge in [0.1, 0.15) is 6.54 Å². The van der Waals surface area contributed by atoms with Crippen molar-refractivity contribution < 1.29 is 18.0 Å². The molecule has 2 amide bonds. The van der Waals surface area contributed by atoms with E-state index in [1.807, 2.05) is 13.8 Å². The molecular formula is C20H29N3O4S2. The van der Waals surface area contributed by atoms with Gasteiger partial charge in [-0.05, 0) is 43.9 Å². The van der Waals surface area contributed by atoms with Gasteiger partial charge in [-0.3, -0.25) is 9.59 Å². The lowest BCUT2D eigenvalue weighted by atomic mass is 10.0. The largest absolute Gasteiger partial charge is 0.355 e. The molecule has 3 rings (SSSR count).